The number of methoxy groups -OCH3 is 1. The van der Waals surface area contributed by atoms with Crippen LogP contribution in [-0.4, -0.2) is 53.7 Å². The number of hydrogen-bond acceptors (Lipinski definition) is 7. The number of carbonyl (C=O) groups is 1. The average molecular weight is 472 g/mol. The van der Waals surface area contributed by atoms with Crippen LogP contribution >= 0.6 is 0 Å². The van der Waals surface area contributed by atoms with E-state index in [1.165, 1.54) is 4.68 Å². The first-order chi connectivity index (χ1) is 16.4. The summed E-state index contributed by atoms with van der Waals surface area (Å²) in [4.78, 5) is 14.3. The molecule has 8 nitrogen and oxygen atoms in total. The zero-order valence-electron chi connectivity index (χ0n) is 19.0. The van der Waals surface area contributed by atoms with Crippen molar-refractivity contribution >= 4 is 11.7 Å². The highest BCUT2D eigenvalue weighted by molar-refractivity contribution is 5.89. The van der Waals surface area contributed by atoms with Crippen molar-refractivity contribution in [2.45, 2.75) is 32.2 Å². The quantitative estimate of drug-likeness (QED) is 0.446. The fraction of sp³-hybridized carbons (Fsp3) is 0.375. The van der Waals surface area contributed by atoms with Crippen LogP contribution in [-0.2, 0) is 11.3 Å². The van der Waals surface area contributed by atoms with Crippen molar-refractivity contribution in [3.8, 4) is 17.4 Å². The van der Waals surface area contributed by atoms with Gasteiger partial charge in [-0.25, -0.2) is 18.3 Å². The second kappa shape index (κ2) is 10.1. The number of esters is 1. The van der Waals surface area contributed by atoms with Crippen LogP contribution in [0.3, 0.4) is 0 Å². The summed E-state index contributed by atoms with van der Waals surface area (Å²) in [6, 6.07) is 14.5. The highest BCUT2D eigenvalue weighted by Gasteiger charge is 2.34. The Morgan fingerprint density at radius 2 is 1.68 bits per heavy atom. The van der Waals surface area contributed by atoms with E-state index in [4.69, 9.17) is 14.2 Å². The van der Waals surface area contributed by atoms with E-state index in [0.29, 0.717) is 25.4 Å². The number of anilines is 1. The molecule has 0 atom stereocenters. The molecule has 1 saturated heterocycles. The molecule has 2 heterocycles. The number of rotatable bonds is 8. The van der Waals surface area contributed by atoms with Gasteiger partial charge in [0, 0.05) is 31.6 Å². The molecule has 1 aliphatic rings. The first kappa shape index (κ1) is 23.5. The second-order valence-electron chi connectivity index (χ2n) is 7.91. The number of benzene rings is 2. The Labute approximate surface area is 196 Å². The molecular weight excluding hydrogens is 446 g/mol. The number of ether oxygens (including phenoxy) is 3. The van der Waals surface area contributed by atoms with Gasteiger partial charge in [0.2, 0.25) is 5.69 Å². The van der Waals surface area contributed by atoms with Gasteiger partial charge in [-0.15, -0.1) is 5.10 Å². The SMILES string of the molecule is CCOC(=O)c1nnn(Cc2ccc(OC)cc2)c1Oc1ccc(N2CCC(F)(F)CC2)cc1. The Hall–Kier alpha value is -3.69. The molecule has 34 heavy (non-hydrogen) atoms. The fourth-order valence-electron chi connectivity index (χ4n) is 3.67. The Bertz CT molecular complexity index is 1110. The number of halogens is 2. The van der Waals surface area contributed by atoms with Gasteiger partial charge >= 0.3 is 5.97 Å². The van der Waals surface area contributed by atoms with E-state index in [1.54, 1.807) is 38.3 Å². The molecule has 3 aromatic rings. The summed E-state index contributed by atoms with van der Waals surface area (Å²) < 4.78 is 44.7. The van der Waals surface area contributed by atoms with Crippen molar-refractivity contribution in [2.24, 2.45) is 0 Å². The van der Waals surface area contributed by atoms with Crippen molar-refractivity contribution < 1.29 is 27.8 Å². The third-order valence-electron chi connectivity index (χ3n) is 5.56. The molecule has 0 aliphatic carbocycles. The number of piperidine rings is 1. The third-order valence-corrected chi connectivity index (χ3v) is 5.56. The minimum absolute atomic E-state index is 0.0299. The molecule has 0 bridgehead atoms. The van der Waals surface area contributed by atoms with Gasteiger partial charge in [-0.1, -0.05) is 17.3 Å². The van der Waals surface area contributed by atoms with E-state index in [2.05, 4.69) is 10.3 Å². The van der Waals surface area contributed by atoms with E-state index in [1.807, 2.05) is 29.2 Å². The lowest BCUT2D eigenvalue weighted by Crippen LogP contribution is -2.39. The molecule has 180 valence electrons. The zero-order valence-corrected chi connectivity index (χ0v) is 19.0. The summed E-state index contributed by atoms with van der Waals surface area (Å²) in [5, 5.41) is 8.06. The Balaban J connectivity index is 1.54. The van der Waals surface area contributed by atoms with Gasteiger partial charge in [-0.2, -0.15) is 0 Å². The lowest BCUT2D eigenvalue weighted by molar-refractivity contribution is -0.0220. The van der Waals surface area contributed by atoms with Gasteiger partial charge < -0.3 is 19.1 Å². The van der Waals surface area contributed by atoms with Crippen LogP contribution in [0.4, 0.5) is 14.5 Å². The molecule has 2 aromatic carbocycles. The minimum atomic E-state index is -2.60. The minimum Gasteiger partial charge on any atom is -0.497 e. The van der Waals surface area contributed by atoms with E-state index in [9.17, 15) is 13.6 Å². The second-order valence-corrected chi connectivity index (χ2v) is 7.91. The summed E-state index contributed by atoms with van der Waals surface area (Å²) in [6.07, 6.45) is -0.325. The van der Waals surface area contributed by atoms with Crippen molar-refractivity contribution in [3.05, 3.63) is 59.8 Å². The van der Waals surface area contributed by atoms with Crippen molar-refractivity contribution in [2.75, 3.05) is 31.7 Å². The van der Waals surface area contributed by atoms with Gasteiger partial charge in [-0.05, 0) is 48.9 Å². The Morgan fingerprint density at radius 1 is 1.03 bits per heavy atom. The van der Waals surface area contributed by atoms with Crippen LogP contribution in [0.5, 0.6) is 17.4 Å². The molecular formula is C24H26F2N4O4. The van der Waals surface area contributed by atoms with Gasteiger partial charge in [0.25, 0.3) is 11.8 Å². The molecule has 0 saturated carbocycles. The fourth-order valence-corrected chi connectivity index (χ4v) is 3.67. The van der Waals surface area contributed by atoms with E-state index >= 15 is 0 Å². The Kier molecular flexibility index (Phi) is 6.95. The molecule has 0 radical (unpaired) electrons. The normalized spacial score (nSPS) is 15.1. The number of carbonyl (C=O) groups excluding carboxylic acids is 1. The standard InChI is InChI=1S/C24H26F2N4O4/c1-3-33-23(31)21-22(30(28-27-21)16-17-4-8-19(32-2)9-5-17)34-20-10-6-18(7-11-20)29-14-12-24(25,26)13-15-29/h4-11H,3,12-16H2,1-2H3. The predicted molar refractivity (Wildman–Crippen MR) is 121 cm³/mol. The largest absolute Gasteiger partial charge is 0.497 e. The van der Waals surface area contributed by atoms with Crippen LogP contribution in [0, 0.1) is 0 Å². The highest BCUT2D eigenvalue weighted by Crippen LogP contribution is 2.32. The van der Waals surface area contributed by atoms with E-state index in [0.717, 1.165) is 17.0 Å². The molecule has 0 unspecified atom stereocenters. The molecule has 0 amide bonds. The number of aromatic nitrogens is 3. The van der Waals surface area contributed by atoms with E-state index in [-0.39, 0.29) is 31.0 Å². The summed E-state index contributed by atoms with van der Waals surface area (Å²) in [7, 11) is 1.59. The maximum atomic E-state index is 13.5. The smallest absolute Gasteiger partial charge is 0.364 e. The van der Waals surface area contributed by atoms with Crippen LogP contribution in [0.2, 0.25) is 0 Å². The summed E-state index contributed by atoms with van der Waals surface area (Å²) in [5.41, 5.74) is 1.71. The molecule has 4 rings (SSSR count). The molecule has 10 heteroatoms. The van der Waals surface area contributed by atoms with Gasteiger partial charge in [-0.3, -0.25) is 0 Å². The van der Waals surface area contributed by atoms with Gasteiger partial charge in [0.05, 0.1) is 20.3 Å². The Morgan fingerprint density at radius 3 is 2.29 bits per heavy atom. The highest BCUT2D eigenvalue weighted by atomic mass is 19.3. The van der Waals surface area contributed by atoms with Crippen molar-refractivity contribution in [3.63, 3.8) is 0 Å². The zero-order chi connectivity index (χ0) is 24.1. The van der Waals surface area contributed by atoms with Gasteiger partial charge in [0.1, 0.15) is 11.5 Å². The van der Waals surface area contributed by atoms with Crippen LogP contribution < -0.4 is 14.4 Å². The average Bonchev–Trinajstić information content (AvgIpc) is 3.22. The van der Waals surface area contributed by atoms with E-state index < -0.39 is 11.9 Å². The first-order valence-corrected chi connectivity index (χ1v) is 11.0. The van der Waals surface area contributed by atoms with Crippen LogP contribution in [0.25, 0.3) is 0 Å². The molecule has 1 aliphatic heterocycles. The predicted octanol–water partition coefficient (Wildman–Crippen LogP) is 4.54. The topological polar surface area (TPSA) is 78.7 Å². The summed E-state index contributed by atoms with van der Waals surface area (Å²) >= 11 is 0. The summed E-state index contributed by atoms with van der Waals surface area (Å²) in [6.45, 7) is 2.78. The molecule has 0 N–H and O–H groups in total. The van der Waals surface area contributed by atoms with Crippen LogP contribution in [0.1, 0.15) is 35.8 Å². The maximum absolute atomic E-state index is 13.5. The lowest BCUT2D eigenvalue weighted by atomic mass is 10.1. The first-order valence-electron chi connectivity index (χ1n) is 11.0. The molecule has 1 aromatic heterocycles. The van der Waals surface area contributed by atoms with Gasteiger partial charge in [0.15, 0.2) is 0 Å². The van der Waals surface area contributed by atoms with Crippen molar-refractivity contribution in [1.82, 2.24) is 15.0 Å². The van der Waals surface area contributed by atoms with Crippen LogP contribution in [0.15, 0.2) is 48.5 Å². The molecule has 1 fully saturated rings. The van der Waals surface area contributed by atoms with Crippen molar-refractivity contribution in [1.29, 1.82) is 0 Å². The maximum Gasteiger partial charge on any atom is 0.364 e. The third kappa shape index (κ3) is 5.44. The number of hydrogen-bond donors (Lipinski definition) is 0. The number of nitrogens with zero attached hydrogens (tertiary/aromatic N) is 4. The molecule has 0 spiro atoms. The lowest BCUT2D eigenvalue weighted by Gasteiger charge is -2.33. The summed E-state index contributed by atoms with van der Waals surface area (Å²) in [5.74, 6) is -1.90. The monoisotopic (exact) mass is 472 g/mol. The number of alkyl halides is 2.